The second-order valence-corrected chi connectivity index (χ2v) is 32.8. The molecule has 4 aliphatic heterocycles. The first-order valence-corrected chi connectivity index (χ1v) is 37.2. The standard InChI is InChI=1S/2C16H20F4O3S.2C14H14F4O2.2C3H8OS/c2*1-14(2,8-15(21,9-24(3)22)16(18,19)20)12-7-11(17)6-10-4-5-23-13(10)12;2*1-13(2,7-11(19)14(16,17)18)10-6-9(15)5-8-3-4-20-12(8)10;2*1-3-5(2)4/h2*6-7,21H,4-5,8-9H2,1-3H3;2*5-6H,3-4,7H2,1-2H3;2*3H2,1-2H3/t2*15-,24+;;;2*5-/m10..10/s1. The summed E-state index contributed by atoms with van der Waals surface area (Å²) in [5.74, 6) is -4.55. The molecule has 2 N–H and O–H groups in total. The van der Waals surface area contributed by atoms with Gasteiger partial charge < -0.3 is 29.2 Å². The fourth-order valence-corrected chi connectivity index (χ4v) is 12.9. The van der Waals surface area contributed by atoms with Crippen molar-refractivity contribution < 1.29 is 126 Å². The summed E-state index contributed by atoms with van der Waals surface area (Å²) in [5, 5.41) is 20.4. The van der Waals surface area contributed by atoms with Crippen LogP contribution < -0.4 is 18.9 Å². The number of alkyl halides is 12. The van der Waals surface area contributed by atoms with Gasteiger partial charge in [-0.25, -0.2) is 17.6 Å². The van der Waals surface area contributed by atoms with Crippen LogP contribution in [0.5, 0.6) is 23.0 Å². The third-order valence-corrected chi connectivity index (χ3v) is 19.4. The summed E-state index contributed by atoms with van der Waals surface area (Å²) in [6.45, 7) is 17.1. The van der Waals surface area contributed by atoms with Crippen LogP contribution in [-0.4, -0.2) is 149 Å². The Morgan fingerprint density at radius 3 is 0.765 bits per heavy atom. The monoisotopic (exact) mass is 1500 g/mol. The van der Waals surface area contributed by atoms with E-state index in [0.717, 1.165) is 48.3 Å². The van der Waals surface area contributed by atoms with Crippen LogP contribution in [0.3, 0.4) is 0 Å². The quantitative estimate of drug-likeness (QED) is 0.0902. The fraction of sp³-hybridized carbons (Fsp3) is 0.606. The summed E-state index contributed by atoms with van der Waals surface area (Å²) >= 11 is 0. The van der Waals surface area contributed by atoms with Gasteiger partial charge in [0.25, 0.3) is 0 Å². The molecule has 0 amide bonds. The van der Waals surface area contributed by atoms with E-state index in [2.05, 4.69) is 0 Å². The number of hydrogen-bond donors (Lipinski definition) is 2. The minimum atomic E-state index is -4.95. The lowest BCUT2D eigenvalue weighted by Gasteiger charge is -2.38. The number of carbonyl (C=O) groups is 2. The molecule has 0 saturated carbocycles. The van der Waals surface area contributed by atoms with Crippen LogP contribution in [0, 0.1) is 23.3 Å². The molecular formula is C66H84F16O12S4. The van der Waals surface area contributed by atoms with Crippen LogP contribution in [-0.2, 0) is 100 Å². The molecule has 0 spiro atoms. The number of halogens is 16. The number of ether oxygens (including phenoxy) is 4. The number of benzene rings is 4. The Morgan fingerprint density at radius 2 is 0.592 bits per heavy atom. The highest BCUT2D eigenvalue weighted by Crippen LogP contribution is 2.49. The highest BCUT2D eigenvalue weighted by Gasteiger charge is 2.58. The fourth-order valence-electron chi connectivity index (χ4n) is 11.1. The largest absolute Gasteiger partial charge is 0.493 e. The maximum Gasteiger partial charge on any atom is 0.450 e. The number of hydrogen-bond acceptors (Lipinski definition) is 12. The molecule has 0 aliphatic carbocycles. The second kappa shape index (κ2) is 34.2. The van der Waals surface area contributed by atoms with E-state index in [1.807, 2.05) is 13.8 Å². The summed E-state index contributed by atoms with van der Waals surface area (Å²) in [5.41, 5.74) is -7.39. The van der Waals surface area contributed by atoms with Crippen molar-refractivity contribution in [3.63, 3.8) is 0 Å². The lowest BCUT2D eigenvalue weighted by Crippen LogP contribution is -2.52. The Bertz CT molecular complexity index is 3300. The van der Waals surface area contributed by atoms with E-state index in [1.165, 1.54) is 79.7 Å². The van der Waals surface area contributed by atoms with Gasteiger partial charge in [-0.3, -0.25) is 26.4 Å². The SMILES string of the molecule is CC(C)(CC(=O)C(F)(F)F)c1cc(F)cc2c1OCC2.CC(C)(CC(=O)C(F)(F)F)c1cc(F)cc2c1OCC2.CC[S@@](C)=O.CC[S@](C)=O.C[S@@](=O)C[C@@](O)(CC(C)(C)c1cc(F)cc2c1OCC2)C(F)(F)F.C[S@](=O)C[C@](O)(CC(C)(C)c1cc(F)cc2c1OCC2)C(F)(F)F. The van der Waals surface area contributed by atoms with Gasteiger partial charge in [0, 0.05) is 174 Å². The molecule has 0 radical (unpaired) electrons. The van der Waals surface area contributed by atoms with Gasteiger partial charge in [-0.15, -0.1) is 0 Å². The predicted molar refractivity (Wildman–Crippen MR) is 344 cm³/mol. The highest BCUT2D eigenvalue weighted by atomic mass is 32.2. The van der Waals surface area contributed by atoms with Gasteiger partial charge in [0.05, 0.1) is 37.9 Å². The Hall–Kier alpha value is -5.18. The van der Waals surface area contributed by atoms with E-state index in [0.29, 0.717) is 108 Å². The van der Waals surface area contributed by atoms with Crippen molar-refractivity contribution in [3.05, 3.63) is 116 Å². The molecule has 98 heavy (non-hydrogen) atoms. The zero-order valence-corrected chi connectivity index (χ0v) is 59.9. The van der Waals surface area contributed by atoms with Crippen LogP contribution in [0.15, 0.2) is 48.5 Å². The van der Waals surface area contributed by atoms with Crippen LogP contribution in [0.25, 0.3) is 0 Å². The number of fused-ring (bicyclic) bond motifs is 4. The molecule has 4 heterocycles. The molecular weight excluding hydrogens is 1420 g/mol. The number of Topliss-reactive ketones (excluding diaryl/α,β-unsaturated/α-hetero) is 2. The van der Waals surface area contributed by atoms with Gasteiger partial charge in [-0.05, 0) is 72.2 Å². The van der Waals surface area contributed by atoms with E-state index >= 15 is 0 Å². The molecule has 0 unspecified atom stereocenters. The Kier molecular flexibility index (Phi) is 30.4. The first-order chi connectivity index (χ1) is 44.5. The summed E-state index contributed by atoms with van der Waals surface area (Å²) < 4.78 is 274. The van der Waals surface area contributed by atoms with Crippen LogP contribution in [0.4, 0.5) is 70.2 Å². The number of ketones is 2. The van der Waals surface area contributed by atoms with Gasteiger partial charge in [0.1, 0.15) is 46.3 Å². The predicted octanol–water partition coefficient (Wildman–Crippen LogP) is 14.1. The topological polar surface area (TPSA) is 180 Å². The number of rotatable bonds is 18. The summed E-state index contributed by atoms with van der Waals surface area (Å²) in [6.07, 6.45) is -15.0. The van der Waals surface area contributed by atoms with Crippen molar-refractivity contribution >= 4 is 54.8 Å². The lowest BCUT2D eigenvalue weighted by molar-refractivity contribution is -0.257. The van der Waals surface area contributed by atoms with E-state index in [1.54, 1.807) is 12.5 Å². The Morgan fingerprint density at radius 1 is 0.388 bits per heavy atom. The Balaban J connectivity index is 0.000000325. The molecule has 4 aliphatic rings. The number of carbonyl (C=O) groups excluding carboxylic acids is 2. The van der Waals surface area contributed by atoms with Crippen molar-refractivity contribution in [2.75, 3.05) is 74.5 Å². The van der Waals surface area contributed by atoms with E-state index in [4.69, 9.17) is 18.9 Å². The van der Waals surface area contributed by atoms with Crippen LogP contribution >= 0.6 is 0 Å². The van der Waals surface area contributed by atoms with E-state index in [9.17, 15) is 107 Å². The van der Waals surface area contributed by atoms with Gasteiger partial charge in [-0.2, -0.15) is 52.7 Å². The van der Waals surface area contributed by atoms with Crippen molar-refractivity contribution in [2.45, 2.75) is 178 Å². The van der Waals surface area contributed by atoms with Crippen molar-refractivity contribution in [1.29, 1.82) is 0 Å². The molecule has 0 bridgehead atoms. The summed E-state index contributed by atoms with van der Waals surface area (Å²) in [7, 11) is -4.85. The minimum Gasteiger partial charge on any atom is -0.493 e. The summed E-state index contributed by atoms with van der Waals surface area (Å²) in [6, 6.07) is 9.81. The van der Waals surface area contributed by atoms with Crippen molar-refractivity contribution in [1.82, 2.24) is 0 Å². The molecule has 0 fully saturated rings. The summed E-state index contributed by atoms with van der Waals surface area (Å²) in [4.78, 5) is 22.4. The molecule has 4 aromatic rings. The minimum absolute atomic E-state index is 0.277. The third-order valence-electron chi connectivity index (χ3n) is 16.0. The molecule has 4 aromatic carbocycles. The van der Waals surface area contributed by atoms with Crippen molar-refractivity contribution in [2.24, 2.45) is 0 Å². The molecule has 0 aromatic heterocycles. The first kappa shape index (κ1) is 87.0. The van der Waals surface area contributed by atoms with Gasteiger partial charge in [0.15, 0.2) is 11.2 Å². The smallest absolute Gasteiger partial charge is 0.450 e. The van der Waals surface area contributed by atoms with Crippen molar-refractivity contribution in [3.8, 4) is 23.0 Å². The maximum absolute atomic E-state index is 13.8. The maximum atomic E-state index is 13.8. The molecule has 12 nitrogen and oxygen atoms in total. The van der Waals surface area contributed by atoms with Crippen LogP contribution in [0.2, 0.25) is 0 Å². The lowest BCUT2D eigenvalue weighted by atomic mass is 9.74. The average molecular weight is 1500 g/mol. The molecule has 8 rings (SSSR count). The normalized spacial score (nSPS) is 16.7. The first-order valence-electron chi connectivity index (χ1n) is 30.3. The molecule has 6 atom stereocenters. The van der Waals surface area contributed by atoms with E-state index in [-0.39, 0.29) is 11.1 Å². The van der Waals surface area contributed by atoms with Gasteiger partial charge in [-0.1, -0.05) is 69.2 Å². The van der Waals surface area contributed by atoms with Crippen LogP contribution in [0.1, 0.15) is 139 Å². The molecule has 556 valence electrons. The zero-order valence-electron chi connectivity index (χ0n) is 56.6. The second-order valence-electron chi connectivity index (χ2n) is 26.5. The van der Waals surface area contributed by atoms with E-state index < -0.39 is 173 Å². The third kappa shape index (κ3) is 24.5. The van der Waals surface area contributed by atoms with Gasteiger partial charge in [0.2, 0.25) is 11.6 Å². The molecule has 32 heteroatoms. The average Bonchev–Trinajstić information content (AvgIpc) is 1.36. The molecule has 0 saturated heterocycles. The highest BCUT2D eigenvalue weighted by molar-refractivity contribution is 7.84. The Labute approximate surface area is 569 Å². The zero-order chi connectivity index (χ0) is 75.5. The van der Waals surface area contributed by atoms with Gasteiger partial charge >= 0.3 is 24.7 Å². The number of aliphatic hydroxyl groups is 2.